The standard InChI is InChI=1S/C26H26N4O3/c1-19-3-2-4-21(17-19)26(32)28-22-8-5-20(6-9-22)7-12-25(31)29-24-11-10-23(18-27-24)30-13-15-33-16-14-30/h2-12,17-18H,13-16H2,1H3,(H,28,32)(H,27,29,31)/b12-7+. The van der Waals surface area contributed by atoms with Crippen LogP contribution in [0.15, 0.2) is 72.9 Å². The molecule has 2 N–H and O–H groups in total. The van der Waals surface area contributed by atoms with E-state index in [0.717, 1.165) is 29.9 Å². The molecular formula is C26H26N4O3. The van der Waals surface area contributed by atoms with Crippen LogP contribution in [-0.2, 0) is 9.53 Å². The smallest absolute Gasteiger partial charge is 0.255 e. The van der Waals surface area contributed by atoms with E-state index in [1.54, 1.807) is 36.5 Å². The van der Waals surface area contributed by atoms with Gasteiger partial charge in [-0.2, -0.15) is 0 Å². The first-order valence-corrected chi connectivity index (χ1v) is 10.8. The van der Waals surface area contributed by atoms with Crippen molar-refractivity contribution in [3.8, 4) is 0 Å². The maximum absolute atomic E-state index is 12.4. The van der Waals surface area contributed by atoms with Gasteiger partial charge in [0.1, 0.15) is 5.82 Å². The minimum atomic E-state index is -0.265. The number of aryl methyl sites for hydroxylation is 1. The monoisotopic (exact) mass is 442 g/mol. The normalized spacial score (nSPS) is 13.7. The van der Waals surface area contributed by atoms with Crippen LogP contribution in [0.5, 0.6) is 0 Å². The Labute approximate surface area is 193 Å². The Bertz CT molecular complexity index is 1130. The fourth-order valence-electron chi connectivity index (χ4n) is 3.48. The van der Waals surface area contributed by atoms with Gasteiger partial charge in [0, 0.05) is 30.4 Å². The third-order valence-corrected chi connectivity index (χ3v) is 5.25. The van der Waals surface area contributed by atoms with E-state index in [4.69, 9.17) is 4.74 Å². The Balaban J connectivity index is 1.29. The summed E-state index contributed by atoms with van der Waals surface area (Å²) in [5.41, 5.74) is 4.19. The van der Waals surface area contributed by atoms with Crippen molar-refractivity contribution in [3.05, 3.63) is 89.6 Å². The lowest BCUT2D eigenvalue weighted by Gasteiger charge is -2.28. The summed E-state index contributed by atoms with van der Waals surface area (Å²) in [5, 5.41) is 5.64. The van der Waals surface area contributed by atoms with Crippen molar-refractivity contribution in [2.75, 3.05) is 41.8 Å². The predicted octanol–water partition coefficient (Wildman–Crippen LogP) is 4.13. The molecule has 0 atom stereocenters. The van der Waals surface area contributed by atoms with Gasteiger partial charge in [0.2, 0.25) is 5.91 Å². The van der Waals surface area contributed by atoms with Crippen LogP contribution in [0.4, 0.5) is 17.2 Å². The number of pyridine rings is 1. The van der Waals surface area contributed by atoms with Crippen LogP contribution in [0, 0.1) is 6.92 Å². The summed E-state index contributed by atoms with van der Waals surface area (Å²) < 4.78 is 5.36. The van der Waals surface area contributed by atoms with Gasteiger partial charge in [0.05, 0.1) is 25.1 Å². The van der Waals surface area contributed by atoms with E-state index >= 15 is 0 Å². The number of anilines is 3. The highest BCUT2D eigenvalue weighted by molar-refractivity contribution is 6.04. The Kier molecular flexibility index (Phi) is 7.12. The second-order valence-corrected chi connectivity index (χ2v) is 7.77. The van der Waals surface area contributed by atoms with Crippen LogP contribution >= 0.6 is 0 Å². The molecule has 2 heterocycles. The van der Waals surface area contributed by atoms with E-state index in [-0.39, 0.29) is 11.8 Å². The number of rotatable bonds is 6. The fourth-order valence-corrected chi connectivity index (χ4v) is 3.48. The van der Waals surface area contributed by atoms with Crippen molar-refractivity contribution in [2.24, 2.45) is 0 Å². The summed E-state index contributed by atoms with van der Waals surface area (Å²) in [4.78, 5) is 31.1. The zero-order valence-corrected chi connectivity index (χ0v) is 18.5. The van der Waals surface area contributed by atoms with Crippen LogP contribution in [0.25, 0.3) is 6.08 Å². The first-order chi connectivity index (χ1) is 16.1. The van der Waals surface area contributed by atoms with Crippen LogP contribution < -0.4 is 15.5 Å². The van der Waals surface area contributed by atoms with E-state index in [2.05, 4.69) is 20.5 Å². The third kappa shape index (κ3) is 6.27. The molecule has 0 radical (unpaired) electrons. The van der Waals surface area contributed by atoms with Crippen LogP contribution in [-0.4, -0.2) is 43.1 Å². The number of nitrogens with one attached hydrogen (secondary N) is 2. The lowest BCUT2D eigenvalue weighted by atomic mass is 10.1. The summed E-state index contributed by atoms with van der Waals surface area (Å²) in [7, 11) is 0. The maximum atomic E-state index is 12.4. The van der Waals surface area contributed by atoms with Crippen LogP contribution in [0.2, 0.25) is 0 Å². The molecule has 3 aromatic rings. The second kappa shape index (κ2) is 10.6. The van der Waals surface area contributed by atoms with Gasteiger partial charge in [0.15, 0.2) is 0 Å². The topological polar surface area (TPSA) is 83.6 Å². The molecule has 0 bridgehead atoms. The number of nitrogens with zero attached hydrogens (tertiary/aromatic N) is 2. The molecule has 33 heavy (non-hydrogen) atoms. The van der Waals surface area contributed by atoms with Gasteiger partial charge in [0.25, 0.3) is 5.91 Å². The van der Waals surface area contributed by atoms with E-state index in [9.17, 15) is 9.59 Å². The number of ether oxygens (including phenoxy) is 1. The molecule has 168 valence electrons. The fraction of sp³-hybridized carbons (Fsp3) is 0.192. The molecule has 2 amide bonds. The summed E-state index contributed by atoms with van der Waals surface area (Å²) in [5.74, 6) is 0.0721. The molecule has 1 aliphatic rings. The quantitative estimate of drug-likeness (QED) is 0.561. The molecule has 1 saturated heterocycles. The highest BCUT2D eigenvalue weighted by Crippen LogP contribution is 2.17. The predicted molar refractivity (Wildman–Crippen MR) is 131 cm³/mol. The first kappa shape index (κ1) is 22.2. The SMILES string of the molecule is Cc1cccc(C(=O)Nc2ccc(/C=C/C(=O)Nc3ccc(N4CCOCC4)cn3)cc2)c1. The van der Waals surface area contributed by atoms with E-state index < -0.39 is 0 Å². The minimum Gasteiger partial charge on any atom is -0.378 e. The number of aromatic nitrogens is 1. The van der Waals surface area contributed by atoms with Crippen LogP contribution in [0.3, 0.4) is 0 Å². The van der Waals surface area contributed by atoms with Crippen molar-refractivity contribution < 1.29 is 14.3 Å². The van der Waals surface area contributed by atoms with Crippen molar-refractivity contribution in [1.29, 1.82) is 0 Å². The molecule has 0 saturated carbocycles. The van der Waals surface area contributed by atoms with E-state index in [0.29, 0.717) is 30.3 Å². The molecule has 1 aromatic heterocycles. The van der Waals surface area contributed by atoms with E-state index in [1.807, 2.05) is 43.3 Å². The molecule has 7 nitrogen and oxygen atoms in total. The largest absolute Gasteiger partial charge is 0.378 e. The van der Waals surface area contributed by atoms with Crippen LogP contribution in [0.1, 0.15) is 21.5 Å². The van der Waals surface area contributed by atoms with Crippen molar-refractivity contribution in [3.63, 3.8) is 0 Å². The molecule has 7 heteroatoms. The summed E-state index contributed by atoms with van der Waals surface area (Å²) in [6, 6.07) is 18.5. The number of morpholine rings is 1. The van der Waals surface area contributed by atoms with Gasteiger partial charge in [-0.05, 0) is 55.0 Å². The Hall–Kier alpha value is -3.97. The number of hydrogen-bond donors (Lipinski definition) is 2. The van der Waals surface area contributed by atoms with Crippen molar-refractivity contribution in [1.82, 2.24) is 4.98 Å². The van der Waals surface area contributed by atoms with Gasteiger partial charge in [-0.15, -0.1) is 0 Å². The number of hydrogen-bond acceptors (Lipinski definition) is 5. The highest BCUT2D eigenvalue weighted by Gasteiger charge is 2.11. The Morgan fingerprint density at radius 1 is 1.00 bits per heavy atom. The average Bonchev–Trinajstić information content (AvgIpc) is 2.84. The summed E-state index contributed by atoms with van der Waals surface area (Å²) in [6.45, 7) is 5.05. The minimum absolute atomic E-state index is 0.159. The molecule has 1 fully saturated rings. The summed E-state index contributed by atoms with van der Waals surface area (Å²) in [6.07, 6.45) is 4.93. The lowest BCUT2D eigenvalue weighted by Crippen LogP contribution is -2.36. The van der Waals surface area contributed by atoms with E-state index in [1.165, 1.54) is 6.08 Å². The molecule has 1 aliphatic heterocycles. The van der Waals surface area contributed by atoms with Crippen molar-refractivity contribution >= 4 is 35.1 Å². The van der Waals surface area contributed by atoms with Crippen molar-refractivity contribution in [2.45, 2.75) is 6.92 Å². The highest BCUT2D eigenvalue weighted by atomic mass is 16.5. The maximum Gasteiger partial charge on any atom is 0.255 e. The molecule has 0 aliphatic carbocycles. The molecule has 0 unspecified atom stereocenters. The van der Waals surface area contributed by atoms with Gasteiger partial charge in [-0.25, -0.2) is 4.98 Å². The number of carbonyl (C=O) groups is 2. The van der Waals surface area contributed by atoms with Gasteiger partial charge >= 0.3 is 0 Å². The number of carbonyl (C=O) groups excluding carboxylic acids is 2. The Morgan fingerprint density at radius 2 is 1.79 bits per heavy atom. The average molecular weight is 443 g/mol. The molecular weight excluding hydrogens is 416 g/mol. The molecule has 2 aromatic carbocycles. The zero-order valence-electron chi connectivity index (χ0n) is 18.5. The first-order valence-electron chi connectivity index (χ1n) is 10.8. The lowest BCUT2D eigenvalue weighted by molar-refractivity contribution is -0.111. The number of amides is 2. The number of benzene rings is 2. The molecule has 4 rings (SSSR count). The second-order valence-electron chi connectivity index (χ2n) is 7.77. The third-order valence-electron chi connectivity index (χ3n) is 5.25. The van der Waals surface area contributed by atoms with Gasteiger partial charge in [-0.3, -0.25) is 9.59 Å². The Morgan fingerprint density at radius 3 is 2.48 bits per heavy atom. The summed E-state index contributed by atoms with van der Waals surface area (Å²) >= 11 is 0. The zero-order chi connectivity index (χ0) is 23.0. The molecule has 0 spiro atoms. The van der Waals surface area contributed by atoms with Gasteiger partial charge < -0.3 is 20.3 Å². The van der Waals surface area contributed by atoms with Gasteiger partial charge in [-0.1, -0.05) is 29.8 Å².